The first-order valence-electron chi connectivity index (χ1n) is 22.9. The second-order valence-corrected chi connectivity index (χ2v) is 16.5. The quantitative estimate of drug-likeness (QED) is 0.0158. The molecule has 0 saturated carbocycles. The highest BCUT2D eigenvalue weighted by atomic mass is 16.6. The number of nitrogens with one attached hydrogen (secondary N) is 1. The summed E-state index contributed by atoms with van der Waals surface area (Å²) >= 11 is 0. The summed E-state index contributed by atoms with van der Waals surface area (Å²) in [5.74, 6) is -3.47. The molecule has 9 heteroatoms. The van der Waals surface area contributed by atoms with E-state index in [0.29, 0.717) is 12.8 Å². The lowest BCUT2D eigenvalue weighted by molar-refractivity contribution is -0.163. The summed E-state index contributed by atoms with van der Waals surface area (Å²) in [4.78, 5) is 50.9. The van der Waals surface area contributed by atoms with Gasteiger partial charge in [0.1, 0.15) is 11.5 Å². The number of unbranched alkanes of at least 4 members (excludes halogenated alkanes) is 22. The number of ether oxygens (including phenoxy) is 3. The van der Waals surface area contributed by atoms with Crippen LogP contribution in [0.2, 0.25) is 0 Å². The van der Waals surface area contributed by atoms with E-state index in [1.807, 2.05) is 0 Å². The molecule has 0 rings (SSSR count). The Morgan fingerprint density at radius 1 is 0.571 bits per heavy atom. The summed E-state index contributed by atoms with van der Waals surface area (Å²) in [7, 11) is 0. The Morgan fingerprint density at radius 3 is 1.38 bits per heavy atom. The zero-order valence-corrected chi connectivity index (χ0v) is 36.8. The Bertz CT molecular complexity index is 1040. The van der Waals surface area contributed by atoms with Gasteiger partial charge in [-0.25, -0.2) is 0 Å². The van der Waals surface area contributed by atoms with Gasteiger partial charge in [-0.2, -0.15) is 0 Å². The standard InChI is InChI=1S/C47H86N2O7/c1-6-8-10-12-14-16-18-20-22-24-26-28-30-32-34-36-43(50)54-39-38-42(49-45(52)41(40-48)46(53)56-47(3,4)5)55-44(51)37-35-33-31-29-27-25-23-21-19-17-15-13-11-9-7-2/h20-23,41-42H,6-19,24-40,48H2,1-5H3,(H,49,52)/b22-20-,23-21-. The molecule has 0 aromatic carbocycles. The van der Waals surface area contributed by atoms with E-state index in [0.717, 1.165) is 64.2 Å². The molecule has 56 heavy (non-hydrogen) atoms. The molecule has 326 valence electrons. The fourth-order valence-electron chi connectivity index (χ4n) is 6.35. The van der Waals surface area contributed by atoms with E-state index in [1.54, 1.807) is 20.8 Å². The first kappa shape index (κ1) is 53.3. The number of amides is 1. The van der Waals surface area contributed by atoms with Crippen LogP contribution in [0.25, 0.3) is 0 Å². The van der Waals surface area contributed by atoms with Gasteiger partial charge >= 0.3 is 17.9 Å². The average Bonchev–Trinajstić information content (AvgIpc) is 3.14. The van der Waals surface area contributed by atoms with Crippen LogP contribution in [0.3, 0.4) is 0 Å². The molecule has 1 amide bonds. The van der Waals surface area contributed by atoms with Crippen LogP contribution < -0.4 is 11.1 Å². The lowest BCUT2D eigenvalue weighted by atomic mass is 10.1. The minimum absolute atomic E-state index is 0.0325. The predicted octanol–water partition coefficient (Wildman–Crippen LogP) is 11.9. The molecule has 2 atom stereocenters. The van der Waals surface area contributed by atoms with E-state index >= 15 is 0 Å². The van der Waals surface area contributed by atoms with Gasteiger partial charge < -0.3 is 25.3 Å². The first-order chi connectivity index (χ1) is 27.0. The monoisotopic (exact) mass is 791 g/mol. The van der Waals surface area contributed by atoms with Crippen molar-refractivity contribution in [2.24, 2.45) is 11.7 Å². The molecule has 0 saturated heterocycles. The second-order valence-electron chi connectivity index (χ2n) is 16.5. The number of rotatable bonds is 38. The number of allylic oxidation sites excluding steroid dienone is 4. The molecule has 0 aliphatic carbocycles. The van der Waals surface area contributed by atoms with Crippen molar-refractivity contribution < 1.29 is 33.4 Å². The number of nitrogens with two attached hydrogens (primary N) is 1. The molecule has 0 spiro atoms. The van der Waals surface area contributed by atoms with Crippen molar-refractivity contribution in [3.8, 4) is 0 Å². The average molecular weight is 791 g/mol. The molecule has 0 fully saturated rings. The lowest BCUT2D eigenvalue weighted by Gasteiger charge is -2.25. The topological polar surface area (TPSA) is 134 Å². The maximum atomic E-state index is 13.1. The van der Waals surface area contributed by atoms with Gasteiger partial charge in [-0.05, 0) is 85.0 Å². The molecule has 3 N–H and O–H groups in total. The van der Waals surface area contributed by atoms with Gasteiger partial charge in [-0.15, -0.1) is 0 Å². The fraction of sp³-hybridized carbons (Fsp3) is 0.830. The molecule has 9 nitrogen and oxygen atoms in total. The Labute approximate surface area is 343 Å². The van der Waals surface area contributed by atoms with Gasteiger partial charge in [0.2, 0.25) is 5.91 Å². The Hall–Kier alpha value is -2.68. The largest absolute Gasteiger partial charge is 0.465 e. The van der Waals surface area contributed by atoms with Crippen LogP contribution in [0.4, 0.5) is 0 Å². The van der Waals surface area contributed by atoms with Crippen molar-refractivity contribution in [1.29, 1.82) is 0 Å². The number of esters is 3. The van der Waals surface area contributed by atoms with E-state index in [-0.39, 0.29) is 32.0 Å². The van der Waals surface area contributed by atoms with Gasteiger partial charge in [-0.3, -0.25) is 19.2 Å². The predicted molar refractivity (Wildman–Crippen MR) is 231 cm³/mol. The zero-order chi connectivity index (χ0) is 41.5. The third-order valence-corrected chi connectivity index (χ3v) is 9.75. The van der Waals surface area contributed by atoms with Crippen molar-refractivity contribution in [3.63, 3.8) is 0 Å². The van der Waals surface area contributed by atoms with Crippen molar-refractivity contribution >= 4 is 23.8 Å². The number of hydrogen-bond donors (Lipinski definition) is 2. The lowest BCUT2D eigenvalue weighted by Crippen LogP contribution is -2.47. The van der Waals surface area contributed by atoms with Crippen LogP contribution in [0, 0.1) is 5.92 Å². The summed E-state index contributed by atoms with van der Waals surface area (Å²) in [6.45, 7) is 9.33. The highest BCUT2D eigenvalue weighted by Crippen LogP contribution is 2.15. The summed E-state index contributed by atoms with van der Waals surface area (Å²) in [6, 6.07) is 0. The fourth-order valence-corrected chi connectivity index (χ4v) is 6.35. The van der Waals surface area contributed by atoms with E-state index < -0.39 is 35.6 Å². The van der Waals surface area contributed by atoms with Crippen molar-refractivity contribution in [1.82, 2.24) is 5.32 Å². The third-order valence-electron chi connectivity index (χ3n) is 9.75. The van der Waals surface area contributed by atoms with Gasteiger partial charge in [0.05, 0.1) is 6.61 Å². The summed E-state index contributed by atoms with van der Waals surface area (Å²) < 4.78 is 16.4. The Balaban J connectivity index is 4.52. The minimum Gasteiger partial charge on any atom is -0.465 e. The van der Waals surface area contributed by atoms with Gasteiger partial charge in [0, 0.05) is 25.8 Å². The van der Waals surface area contributed by atoms with E-state index in [2.05, 4.69) is 43.5 Å². The highest BCUT2D eigenvalue weighted by molar-refractivity contribution is 5.98. The third kappa shape index (κ3) is 35.7. The molecule has 0 aromatic rings. The van der Waals surface area contributed by atoms with Crippen LogP contribution in [0.5, 0.6) is 0 Å². The molecular weight excluding hydrogens is 705 g/mol. The van der Waals surface area contributed by atoms with Gasteiger partial charge in [-0.1, -0.05) is 141 Å². The van der Waals surface area contributed by atoms with Crippen LogP contribution in [0.15, 0.2) is 24.3 Å². The van der Waals surface area contributed by atoms with Crippen molar-refractivity contribution in [2.45, 2.75) is 233 Å². The number of carbonyl (C=O) groups is 4. The summed E-state index contributed by atoms with van der Waals surface area (Å²) in [5.41, 5.74) is 4.97. The van der Waals surface area contributed by atoms with E-state index in [9.17, 15) is 19.2 Å². The second kappa shape index (κ2) is 37.9. The Morgan fingerprint density at radius 2 is 0.964 bits per heavy atom. The van der Waals surface area contributed by atoms with Crippen LogP contribution in [-0.4, -0.2) is 48.8 Å². The van der Waals surface area contributed by atoms with Crippen LogP contribution in [-0.2, 0) is 33.4 Å². The summed E-state index contributed by atoms with van der Waals surface area (Å²) in [6.07, 6.45) is 39.3. The van der Waals surface area contributed by atoms with Crippen molar-refractivity contribution in [3.05, 3.63) is 24.3 Å². The molecule has 0 bridgehead atoms. The molecule has 2 unspecified atom stereocenters. The van der Waals surface area contributed by atoms with Gasteiger partial charge in [0.15, 0.2) is 6.23 Å². The molecule has 0 radical (unpaired) electrons. The highest BCUT2D eigenvalue weighted by Gasteiger charge is 2.32. The minimum atomic E-state index is -1.26. The van der Waals surface area contributed by atoms with Crippen molar-refractivity contribution in [2.75, 3.05) is 13.2 Å². The summed E-state index contributed by atoms with van der Waals surface area (Å²) in [5, 5.41) is 2.63. The maximum absolute atomic E-state index is 13.1. The maximum Gasteiger partial charge on any atom is 0.320 e. The SMILES string of the molecule is CCCCCCCC/C=C\CCCCCCCC(=O)OCCC(NC(=O)C(CN)C(=O)OC(C)(C)C)OC(=O)CCCCCCC/C=C\CCCCCCCC. The smallest absolute Gasteiger partial charge is 0.320 e. The molecule has 0 heterocycles. The number of carbonyl (C=O) groups excluding carboxylic acids is 4. The van der Waals surface area contributed by atoms with Gasteiger partial charge in [0.25, 0.3) is 0 Å². The zero-order valence-electron chi connectivity index (χ0n) is 36.8. The normalized spacial score (nSPS) is 12.9. The van der Waals surface area contributed by atoms with E-state index in [4.69, 9.17) is 19.9 Å². The Kier molecular flexibility index (Phi) is 36.1. The first-order valence-corrected chi connectivity index (χ1v) is 22.9. The molecule has 0 aliphatic heterocycles. The number of hydrogen-bond acceptors (Lipinski definition) is 8. The van der Waals surface area contributed by atoms with Crippen LogP contribution in [0.1, 0.15) is 221 Å². The van der Waals surface area contributed by atoms with Crippen LogP contribution >= 0.6 is 0 Å². The molecule has 0 aliphatic rings. The molecule has 0 aromatic heterocycles. The molecular formula is C47H86N2O7. The van der Waals surface area contributed by atoms with E-state index in [1.165, 1.54) is 96.3 Å².